The lowest BCUT2D eigenvalue weighted by Crippen LogP contribution is -2.17. The predicted molar refractivity (Wildman–Crippen MR) is 75.1 cm³/mol. The van der Waals surface area contributed by atoms with E-state index in [0.717, 1.165) is 12.8 Å². The van der Waals surface area contributed by atoms with Gasteiger partial charge >= 0.3 is 5.69 Å². The van der Waals surface area contributed by atoms with Crippen LogP contribution in [0.1, 0.15) is 35.9 Å². The van der Waals surface area contributed by atoms with Crippen molar-refractivity contribution in [1.82, 2.24) is 20.0 Å². The molecule has 9 nitrogen and oxygen atoms in total. The van der Waals surface area contributed by atoms with Crippen LogP contribution < -0.4 is 5.32 Å². The number of unbranched alkanes of at least 4 members (excludes halogenated alkanes) is 1. The molecule has 2 aromatic rings. The maximum Gasteiger partial charge on any atom is 0.322 e. The molecule has 0 aliphatic carbocycles. The topological polar surface area (TPSA) is 119 Å². The molecule has 112 valence electrons. The molecule has 0 aliphatic rings. The molecule has 0 saturated carbocycles. The molecule has 21 heavy (non-hydrogen) atoms. The van der Waals surface area contributed by atoms with Crippen molar-refractivity contribution >= 4 is 17.4 Å². The third-order valence-electron chi connectivity index (χ3n) is 2.99. The molecular weight excluding hydrogens is 276 g/mol. The van der Waals surface area contributed by atoms with Crippen molar-refractivity contribution in [3.63, 3.8) is 0 Å². The summed E-state index contributed by atoms with van der Waals surface area (Å²) >= 11 is 0. The van der Waals surface area contributed by atoms with Gasteiger partial charge in [-0.2, -0.15) is 10.2 Å². The minimum Gasteiger partial charge on any atom is -0.305 e. The summed E-state index contributed by atoms with van der Waals surface area (Å²) in [4.78, 5) is 22.5. The Hall–Kier alpha value is -2.71. The van der Waals surface area contributed by atoms with Crippen molar-refractivity contribution in [3.05, 3.63) is 33.8 Å². The molecule has 0 fully saturated rings. The Morgan fingerprint density at radius 3 is 3.00 bits per heavy atom. The number of nitrogens with zero attached hydrogens (tertiary/aromatic N) is 4. The number of aryl methyl sites for hydroxylation is 2. The Morgan fingerprint density at radius 1 is 1.57 bits per heavy atom. The Kier molecular flexibility index (Phi) is 4.31. The fourth-order valence-corrected chi connectivity index (χ4v) is 1.91. The van der Waals surface area contributed by atoms with E-state index in [0.29, 0.717) is 12.4 Å². The van der Waals surface area contributed by atoms with Crippen LogP contribution in [0.5, 0.6) is 0 Å². The molecule has 0 bridgehead atoms. The van der Waals surface area contributed by atoms with Gasteiger partial charge in [0, 0.05) is 12.6 Å². The van der Waals surface area contributed by atoms with Crippen LogP contribution in [0.15, 0.2) is 12.3 Å². The van der Waals surface area contributed by atoms with Crippen molar-refractivity contribution in [2.45, 2.75) is 33.2 Å². The van der Waals surface area contributed by atoms with Gasteiger partial charge in [-0.3, -0.25) is 20.0 Å². The first-order valence-electron chi connectivity index (χ1n) is 6.57. The van der Waals surface area contributed by atoms with E-state index in [-0.39, 0.29) is 17.1 Å². The van der Waals surface area contributed by atoms with Gasteiger partial charge in [0.2, 0.25) is 5.69 Å². The van der Waals surface area contributed by atoms with E-state index < -0.39 is 10.8 Å². The van der Waals surface area contributed by atoms with E-state index >= 15 is 0 Å². The van der Waals surface area contributed by atoms with Gasteiger partial charge in [0.05, 0.1) is 11.1 Å². The number of amides is 1. The fraction of sp³-hybridized carbons (Fsp3) is 0.417. The number of H-pyrrole nitrogens is 1. The number of rotatable bonds is 6. The summed E-state index contributed by atoms with van der Waals surface area (Å²) < 4.78 is 1.65. The number of carbonyl (C=O) groups excluding carboxylic acids is 1. The summed E-state index contributed by atoms with van der Waals surface area (Å²) in [5, 5.41) is 23.8. The minimum absolute atomic E-state index is 0.235. The first-order chi connectivity index (χ1) is 10.0. The molecule has 0 aliphatic heterocycles. The highest BCUT2D eigenvalue weighted by Crippen LogP contribution is 2.21. The summed E-state index contributed by atoms with van der Waals surface area (Å²) in [5.74, 6) is -0.146. The maximum absolute atomic E-state index is 12.1. The zero-order valence-corrected chi connectivity index (χ0v) is 11.8. The fourth-order valence-electron chi connectivity index (χ4n) is 1.91. The number of nitrogens with one attached hydrogen (secondary N) is 2. The van der Waals surface area contributed by atoms with Crippen LogP contribution in [-0.2, 0) is 6.54 Å². The van der Waals surface area contributed by atoms with E-state index in [1.165, 1.54) is 6.92 Å². The standard InChI is InChI=1S/C12H16N6O3/c1-3-4-7-17-9(5-6-13-17)14-12(19)10-11(18(20)21)8(2)15-16-10/h5-6H,3-4,7H2,1-2H3,(H,14,19)(H,15,16). The summed E-state index contributed by atoms with van der Waals surface area (Å²) in [6, 6.07) is 1.64. The second-order valence-corrected chi connectivity index (χ2v) is 4.55. The zero-order valence-electron chi connectivity index (χ0n) is 11.8. The van der Waals surface area contributed by atoms with Crippen LogP contribution in [0.4, 0.5) is 11.5 Å². The first kappa shape index (κ1) is 14.7. The van der Waals surface area contributed by atoms with Gasteiger partial charge in [-0.1, -0.05) is 13.3 Å². The Morgan fingerprint density at radius 2 is 2.33 bits per heavy atom. The van der Waals surface area contributed by atoms with Crippen LogP contribution in [0.25, 0.3) is 0 Å². The molecule has 0 saturated heterocycles. The van der Waals surface area contributed by atoms with Crippen LogP contribution in [0.3, 0.4) is 0 Å². The Bertz CT molecular complexity index is 660. The van der Waals surface area contributed by atoms with Crippen LogP contribution in [0, 0.1) is 17.0 Å². The third-order valence-corrected chi connectivity index (χ3v) is 2.99. The van der Waals surface area contributed by atoms with Crippen LogP contribution >= 0.6 is 0 Å². The van der Waals surface area contributed by atoms with Gasteiger partial charge in [-0.25, -0.2) is 4.68 Å². The smallest absolute Gasteiger partial charge is 0.305 e. The van der Waals surface area contributed by atoms with Crippen molar-refractivity contribution < 1.29 is 9.72 Å². The van der Waals surface area contributed by atoms with Gasteiger partial charge in [0.25, 0.3) is 5.91 Å². The SMILES string of the molecule is CCCCn1nccc1NC(=O)c1n[nH]c(C)c1[N+](=O)[O-]. The van der Waals surface area contributed by atoms with Gasteiger partial charge in [-0.15, -0.1) is 0 Å². The number of carbonyl (C=O) groups is 1. The molecule has 0 spiro atoms. The van der Waals surface area contributed by atoms with E-state index in [9.17, 15) is 14.9 Å². The molecule has 9 heteroatoms. The molecule has 0 radical (unpaired) electrons. The molecule has 2 N–H and O–H groups in total. The quantitative estimate of drug-likeness (QED) is 0.622. The van der Waals surface area contributed by atoms with Crippen LogP contribution in [0.2, 0.25) is 0 Å². The monoisotopic (exact) mass is 292 g/mol. The van der Waals surface area contributed by atoms with Crippen LogP contribution in [-0.4, -0.2) is 30.8 Å². The number of aromatic nitrogens is 4. The molecule has 2 aromatic heterocycles. The van der Waals surface area contributed by atoms with E-state index in [4.69, 9.17) is 0 Å². The number of aromatic amines is 1. The molecule has 2 heterocycles. The predicted octanol–water partition coefficient (Wildman–Crippen LogP) is 1.88. The third kappa shape index (κ3) is 3.07. The van der Waals surface area contributed by atoms with E-state index in [1.807, 2.05) is 0 Å². The average Bonchev–Trinajstić information content (AvgIpc) is 3.02. The number of nitro groups is 1. The molecular formula is C12H16N6O3. The van der Waals surface area contributed by atoms with Crippen molar-refractivity contribution in [1.29, 1.82) is 0 Å². The van der Waals surface area contributed by atoms with Gasteiger partial charge in [0.15, 0.2) is 0 Å². The Balaban J connectivity index is 2.19. The zero-order chi connectivity index (χ0) is 15.4. The van der Waals surface area contributed by atoms with E-state index in [2.05, 4.69) is 27.5 Å². The highest BCUT2D eigenvalue weighted by Gasteiger charge is 2.27. The van der Waals surface area contributed by atoms with Gasteiger partial charge < -0.3 is 5.32 Å². The number of hydrogen-bond donors (Lipinski definition) is 2. The number of hydrogen-bond acceptors (Lipinski definition) is 5. The van der Waals surface area contributed by atoms with Crippen molar-refractivity contribution in [2.24, 2.45) is 0 Å². The second kappa shape index (κ2) is 6.16. The van der Waals surface area contributed by atoms with Gasteiger partial charge in [-0.05, 0) is 13.3 Å². The molecule has 0 aromatic carbocycles. The first-order valence-corrected chi connectivity index (χ1v) is 6.57. The molecule has 1 amide bonds. The Labute approximate surface area is 120 Å². The summed E-state index contributed by atoms with van der Waals surface area (Å²) in [7, 11) is 0. The van der Waals surface area contributed by atoms with E-state index in [1.54, 1.807) is 16.9 Å². The lowest BCUT2D eigenvalue weighted by molar-refractivity contribution is -0.385. The molecule has 0 unspecified atom stereocenters. The summed E-state index contributed by atoms with van der Waals surface area (Å²) in [5.41, 5.74) is -0.308. The lowest BCUT2D eigenvalue weighted by Gasteiger charge is -2.07. The van der Waals surface area contributed by atoms with Crippen molar-refractivity contribution in [2.75, 3.05) is 5.32 Å². The molecule has 2 rings (SSSR count). The highest BCUT2D eigenvalue weighted by molar-refractivity contribution is 6.05. The highest BCUT2D eigenvalue weighted by atomic mass is 16.6. The lowest BCUT2D eigenvalue weighted by atomic mass is 10.3. The van der Waals surface area contributed by atoms with Crippen molar-refractivity contribution in [3.8, 4) is 0 Å². The summed E-state index contributed by atoms with van der Waals surface area (Å²) in [6.45, 7) is 4.21. The summed E-state index contributed by atoms with van der Waals surface area (Å²) in [6.07, 6.45) is 3.49. The average molecular weight is 292 g/mol. The largest absolute Gasteiger partial charge is 0.322 e. The second-order valence-electron chi connectivity index (χ2n) is 4.55. The normalized spacial score (nSPS) is 10.6. The van der Waals surface area contributed by atoms with Gasteiger partial charge in [0.1, 0.15) is 11.5 Å². The number of anilines is 1. The minimum atomic E-state index is -0.635. The maximum atomic E-state index is 12.1. The molecule has 0 atom stereocenters.